The van der Waals surface area contributed by atoms with Gasteiger partial charge in [0.2, 0.25) is 0 Å². The van der Waals surface area contributed by atoms with Crippen LogP contribution in [0.3, 0.4) is 0 Å². The van der Waals surface area contributed by atoms with Crippen LogP contribution in [-0.4, -0.2) is 22.2 Å². The van der Waals surface area contributed by atoms with E-state index in [0.717, 1.165) is 0 Å². The Bertz CT molecular complexity index is 576. The summed E-state index contributed by atoms with van der Waals surface area (Å²) in [6.07, 6.45) is 0. The fraction of sp³-hybridized carbons (Fsp3) is 0. The molecule has 2 rings (SSSR count). The minimum atomic E-state index is -1.05. The van der Waals surface area contributed by atoms with Crippen molar-refractivity contribution in [3.8, 4) is 0 Å². The molecule has 0 aliphatic heterocycles. The topological polar surface area (TPSA) is 122 Å². The molecule has 2 aromatic rings. The first-order valence-corrected chi connectivity index (χ1v) is 5.51. The molecule has 0 radical (unpaired) electrons. The number of carboxylic acid groups (broad SMARTS) is 2. The van der Waals surface area contributed by atoms with Crippen LogP contribution in [0.1, 0.15) is 20.7 Å². The molecule has 7 heteroatoms. The van der Waals surface area contributed by atoms with Gasteiger partial charge in [-0.2, -0.15) is 0 Å². The zero-order valence-electron chi connectivity index (χ0n) is 11.0. The van der Waals surface area contributed by atoms with Gasteiger partial charge in [0.05, 0.1) is 0 Å². The van der Waals surface area contributed by atoms with E-state index < -0.39 is 11.9 Å². The van der Waals surface area contributed by atoms with Gasteiger partial charge in [0.1, 0.15) is 0 Å². The minimum Gasteiger partial charge on any atom is -0.698 e. The first-order valence-electron chi connectivity index (χ1n) is 5.51. The standard InChI is InChI=1S/2C7H6NO2.Zn/c2*8-6-4-2-1-3-5(6)7(9)10;/h2*1-4,8H,(H,9,10);/q2*-1;+2. The summed E-state index contributed by atoms with van der Waals surface area (Å²) in [7, 11) is 0. The van der Waals surface area contributed by atoms with Gasteiger partial charge in [-0.05, 0) is 12.1 Å². The Balaban J connectivity index is 0.000000364. The van der Waals surface area contributed by atoms with E-state index in [2.05, 4.69) is 0 Å². The van der Waals surface area contributed by atoms with Gasteiger partial charge in [-0.1, -0.05) is 36.4 Å². The second-order valence-electron chi connectivity index (χ2n) is 3.70. The van der Waals surface area contributed by atoms with E-state index in [1.54, 1.807) is 24.3 Å². The third kappa shape index (κ3) is 5.62. The molecule has 0 fully saturated rings. The Morgan fingerprint density at radius 2 is 1.00 bits per heavy atom. The number of nitrogens with one attached hydrogen (secondary N) is 2. The Hall–Kier alpha value is -2.40. The fourth-order valence-electron chi connectivity index (χ4n) is 1.34. The van der Waals surface area contributed by atoms with Crippen LogP contribution in [0.4, 0.5) is 11.4 Å². The van der Waals surface area contributed by atoms with Crippen molar-refractivity contribution in [3.63, 3.8) is 0 Å². The Morgan fingerprint density at radius 1 is 0.714 bits per heavy atom. The van der Waals surface area contributed by atoms with Gasteiger partial charge in [-0.15, -0.1) is 11.4 Å². The first kappa shape index (κ1) is 18.6. The average Bonchev–Trinajstić information content (AvgIpc) is 2.40. The van der Waals surface area contributed by atoms with Crippen LogP contribution >= 0.6 is 0 Å². The molecule has 0 aromatic heterocycles. The molecule has 6 nitrogen and oxygen atoms in total. The molecule has 0 spiro atoms. The van der Waals surface area contributed by atoms with Gasteiger partial charge < -0.3 is 21.7 Å². The summed E-state index contributed by atoms with van der Waals surface area (Å²) < 4.78 is 0. The number of hydrogen-bond donors (Lipinski definition) is 2. The van der Waals surface area contributed by atoms with Crippen molar-refractivity contribution < 1.29 is 39.3 Å². The monoisotopic (exact) mass is 336 g/mol. The Kier molecular flexibility index (Phi) is 7.72. The van der Waals surface area contributed by atoms with E-state index in [9.17, 15) is 9.59 Å². The van der Waals surface area contributed by atoms with E-state index in [1.807, 2.05) is 0 Å². The normalized spacial score (nSPS) is 8.76. The minimum absolute atomic E-state index is 0. The number of benzene rings is 2. The maximum atomic E-state index is 10.3. The van der Waals surface area contributed by atoms with Crippen molar-refractivity contribution in [2.24, 2.45) is 0 Å². The van der Waals surface area contributed by atoms with Gasteiger partial charge in [-0.3, -0.25) is 0 Å². The van der Waals surface area contributed by atoms with Gasteiger partial charge in [-0.25, -0.2) is 9.59 Å². The summed E-state index contributed by atoms with van der Waals surface area (Å²) in [6.45, 7) is 0. The van der Waals surface area contributed by atoms with Crippen LogP contribution in [0.25, 0.3) is 11.5 Å². The van der Waals surface area contributed by atoms with Crippen molar-refractivity contribution in [2.45, 2.75) is 0 Å². The molecule has 0 aliphatic rings. The third-order valence-corrected chi connectivity index (χ3v) is 2.31. The van der Waals surface area contributed by atoms with Crippen molar-refractivity contribution in [1.82, 2.24) is 0 Å². The van der Waals surface area contributed by atoms with E-state index in [1.165, 1.54) is 24.3 Å². The fourth-order valence-corrected chi connectivity index (χ4v) is 1.34. The summed E-state index contributed by atoms with van der Waals surface area (Å²) in [4.78, 5) is 20.6. The Labute approximate surface area is 134 Å². The van der Waals surface area contributed by atoms with Crippen molar-refractivity contribution >= 4 is 23.3 Å². The second kappa shape index (κ2) is 8.71. The number of carbonyl (C=O) groups is 2. The number of aromatic carboxylic acids is 2. The van der Waals surface area contributed by atoms with Crippen molar-refractivity contribution in [1.29, 1.82) is 0 Å². The summed E-state index contributed by atoms with van der Waals surface area (Å²) in [5.74, 6) is -2.10. The Morgan fingerprint density at radius 3 is 1.19 bits per heavy atom. The van der Waals surface area contributed by atoms with Gasteiger partial charge in [0, 0.05) is 11.1 Å². The maximum absolute atomic E-state index is 10.3. The molecule has 0 atom stereocenters. The van der Waals surface area contributed by atoms with E-state index in [-0.39, 0.29) is 42.0 Å². The van der Waals surface area contributed by atoms with Gasteiger partial charge in [0.25, 0.3) is 0 Å². The molecular weight excluding hydrogens is 326 g/mol. The van der Waals surface area contributed by atoms with Crippen LogP contribution < -0.4 is 0 Å². The van der Waals surface area contributed by atoms with Gasteiger partial charge in [0.15, 0.2) is 0 Å². The molecule has 104 valence electrons. The van der Waals surface area contributed by atoms with Gasteiger partial charge >= 0.3 is 31.4 Å². The van der Waals surface area contributed by atoms with Crippen LogP contribution in [0.2, 0.25) is 0 Å². The molecule has 0 aliphatic carbocycles. The van der Waals surface area contributed by atoms with E-state index in [4.69, 9.17) is 21.7 Å². The maximum Gasteiger partial charge on any atom is 2.00 e. The number of rotatable bonds is 2. The van der Waals surface area contributed by atoms with Crippen molar-refractivity contribution in [3.05, 3.63) is 71.1 Å². The molecule has 0 bridgehead atoms. The summed E-state index contributed by atoms with van der Waals surface area (Å²) in [5, 5.41) is 16.9. The molecule has 0 amide bonds. The zero-order chi connectivity index (χ0) is 15.1. The van der Waals surface area contributed by atoms with Crippen molar-refractivity contribution in [2.75, 3.05) is 0 Å². The average molecular weight is 338 g/mol. The quantitative estimate of drug-likeness (QED) is 0.799. The zero-order valence-corrected chi connectivity index (χ0v) is 14.0. The molecule has 4 N–H and O–H groups in total. The van der Waals surface area contributed by atoms with E-state index >= 15 is 0 Å². The molecule has 2 aromatic carbocycles. The molecular formula is C14H12N2O4Zn. The van der Waals surface area contributed by atoms with E-state index in [0.29, 0.717) is 0 Å². The van der Waals surface area contributed by atoms with Crippen LogP contribution in [0.15, 0.2) is 48.5 Å². The van der Waals surface area contributed by atoms with Crippen LogP contribution in [0, 0.1) is 0 Å². The number of carboxylic acids is 2. The first-order chi connectivity index (χ1) is 9.43. The second-order valence-corrected chi connectivity index (χ2v) is 3.70. The molecule has 0 saturated heterocycles. The van der Waals surface area contributed by atoms with Crippen LogP contribution in [0.5, 0.6) is 0 Å². The van der Waals surface area contributed by atoms with Crippen LogP contribution in [-0.2, 0) is 19.5 Å². The summed E-state index contributed by atoms with van der Waals surface area (Å²) in [6, 6.07) is 12.2. The molecule has 0 heterocycles. The predicted molar refractivity (Wildman–Crippen MR) is 74.8 cm³/mol. The summed E-state index contributed by atoms with van der Waals surface area (Å²) >= 11 is 0. The predicted octanol–water partition coefficient (Wildman–Crippen LogP) is 4.13. The summed E-state index contributed by atoms with van der Waals surface area (Å²) in [5.41, 5.74) is 14.4. The number of hydrogen-bond acceptors (Lipinski definition) is 2. The molecule has 0 unspecified atom stereocenters. The SMILES string of the molecule is [NH-]c1ccccc1C(=O)O.[NH-]c1ccccc1C(=O)O.[Zn+2]. The largest absolute Gasteiger partial charge is 2.00 e. The molecule has 0 saturated carbocycles. The third-order valence-electron chi connectivity index (χ3n) is 2.31. The smallest absolute Gasteiger partial charge is 0.698 e. The molecule has 21 heavy (non-hydrogen) atoms.